The molecule has 2 aromatic carbocycles. The fourth-order valence-electron chi connectivity index (χ4n) is 2.20. The van der Waals surface area contributed by atoms with Crippen LogP contribution >= 0.6 is 0 Å². The Balaban J connectivity index is 1.64. The summed E-state index contributed by atoms with van der Waals surface area (Å²) in [5.41, 5.74) is 0.802. The lowest BCUT2D eigenvalue weighted by Crippen LogP contribution is -2.15. The minimum Gasteiger partial charge on any atom is -0.459 e. The van der Waals surface area contributed by atoms with Gasteiger partial charge in [-0.25, -0.2) is 4.68 Å². The first-order valence-corrected chi connectivity index (χ1v) is 7.03. The van der Waals surface area contributed by atoms with E-state index in [0.717, 1.165) is 12.1 Å². The molecule has 0 bridgehead atoms. The highest BCUT2D eigenvalue weighted by atomic mass is 19.4. The Labute approximate surface area is 134 Å². The van der Waals surface area contributed by atoms with Crippen LogP contribution in [0.3, 0.4) is 0 Å². The third-order valence-electron chi connectivity index (χ3n) is 3.35. The highest BCUT2D eigenvalue weighted by Crippen LogP contribution is 2.29. The number of hydrogen-bond acceptors (Lipinski definition) is 4. The molecule has 0 aliphatic carbocycles. The molecule has 0 saturated carbocycles. The molecule has 8 heteroatoms. The van der Waals surface area contributed by atoms with E-state index in [9.17, 15) is 18.0 Å². The van der Waals surface area contributed by atoms with E-state index in [-0.39, 0.29) is 18.7 Å². The largest absolute Gasteiger partial charge is 0.459 e. The van der Waals surface area contributed by atoms with Crippen molar-refractivity contribution in [3.05, 3.63) is 59.7 Å². The summed E-state index contributed by atoms with van der Waals surface area (Å²) >= 11 is 0. The van der Waals surface area contributed by atoms with Gasteiger partial charge in [0.1, 0.15) is 18.7 Å². The zero-order valence-electron chi connectivity index (χ0n) is 12.3. The molecule has 0 N–H and O–H groups in total. The first kappa shape index (κ1) is 16.0. The van der Waals surface area contributed by atoms with E-state index in [1.54, 1.807) is 24.3 Å². The molecular weight excluding hydrogens is 323 g/mol. The number of fused-ring (bicyclic) bond motifs is 1. The molecule has 1 aromatic heterocycles. The number of rotatable bonds is 4. The number of nitrogens with zero attached hydrogens (tertiary/aromatic N) is 3. The van der Waals surface area contributed by atoms with E-state index in [1.807, 2.05) is 0 Å². The molecule has 5 nitrogen and oxygen atoms in total. The molecule has 124 valence electrons. The van der Waals surface area contributed by atoms with Gasteiger partial charge in [-0.2, -0.15) is 13.2 Å². The molecule has 0 radical (unpaired) electrons. The Hall–Kier alpha value is -2.90. The van der Waals surface area contributed by atoms with E-state index >= 15 is 0 Å². The topological polar surface area (TPSA) is 57.0 Å². The van der Waals surface area contributed by atoms with Gasteiger partial charge in [0.2, 0.25) is 0 Å². The van der Waals surface area contributed by atoms with E-state index in [4.69, 9.17) is 4.74 Å². The molecule has 3 aromatic rings. The lowest BCUT2D eigenvalue weighted by Gasteiger charge is -2.09. The summed E-state index contributed by atoms with van der Waals surface area (Å²) in [6.07, 6.45) is -4.43. The highest BCUT2D eigenvalue weighted by molar-refractivity contribution is 5.76. The molecule has 0 spiro atoms. The number of carbonyl (C=O) groups excluding carboxylic acids is 1. The Morgan fingerprint density at radius 1 is 1.12 bits per heavy atom. The van der Waals surface area contributed by atoms with Gasteiger partial charge < -0.3 is 4.74 Å². The lowest BCUT2D eigenvalue weighted by molar-refractivity contribution is -0.145. The number of hydrogen-bond donors (Lipinski definition) is 0. The van der Waals surface area contributed by atoms with Gasteiger partial charge in [0.25, 0.3) is 0 Å². The number of benzene rings is 2. The van der Waals surface area contributed by atoms with E-state index in [0.29, 0.717) is 11.0 Å². The zero-order valence-corrected chi connectivity index (χ0v) is 12.3. The average Bonchev–Trinajstić information content (AvgIpc) is 2.96. The van der Waals surface area contributed by atoms with Crippen LogP contribution in [0.2, 0.25) is 0 Å². The molecule has 3 rings (SSSR count). The minimum atomic E-state index is -4.43. The molecule has 0 aliphatic heterocycles. The predicted octanol–water partition coefficient (Wildman–Crippen LogP) is 3.19. The van der Waals surface area contributed by atoms with E-state index < -0.39 is 17.7 Å². The van der Waals surface area contributed by atoms with Gasteiger partial charge in [0.15, 0.2) is 0 Å². The Morgan fingerprint density at radius 3 is 2.71 bits per heavy atom. The summed E-state index contributed by atoms with van der Waals surface area (Å²) in [6.45, 7) is -0.408. The van der Waals surface area contributed by atoms with Crippen molar-refractivity contribution in [3.8, 4) is 0 Å². The summed E-state index contributed by atoms with van der Waals surface area (Å²) in [5.74, 6) is -0.608. The number of halogens is 3. The van der Waals surface area contributed by atoms with E-state index in [2.05, 4.69) is 10.3 Å². The lowest BCUT2D eigenvalue weighted by atomic mass is 10.1. The third kappa shape index (κ3) is 3.53. The number of para-hydroxylation sites is 1. The third-order valence-corrected chi connectivity index (χ3v) is 3.35. The second-order valence-electron chi connectivity index (χ2n) is 5.09. The number of alkyl halides is 3. The summed E-state index contributed by atoms with van der Waals surface area (Å²) < 4.78 is 44.3. The molecule has 0 atom stereocenters. The van der Waals surface area contributed by atoms with Crippen molar-refractivity contribution < 1.29 is 22.7 Å². The number of ether oxygens (including phenoxy) is 1. The van der Waals surface area contributed by atoms with Crippen LogP contribution in [0.15, 0.2) is 48.5 Å². The zero-order chi connectivity index (χ0) is 17.2. The fourth-order valence-corrected chi connectivity index (χ4v) is 2.20. The second kappa shape index (κ2) is 6.31. The number of carbonyl (C=O) groups is 1. The monoisotopic (exact) mass is 335 g/mol. The van der Waals surface area contributed by atoms with Crippen molar-refractivity contribution in [3.63, 3.8) is 0 Å². The van der Waals surface area contributed by atoms with Crippen molar-refractivity contribution in [1.82, 2.24) is 15.0 Å². The normalized spacial score (nSPS) is 11.6. The van der Waals surface area contributed by atoms with Crippen LogP contribution in [0.25, 0.3) is 11.0 Å². The Morgan fingerprint density at radius 2 is 1.92 bits per heavy atom. The summed E-state index contributed by atoms with van der Waals surface area (Å²) in [7, 11) is 0. The van der Waals surface area contributed by atoms with Gasteiger partial charge in [-0.05, 0) is 29.8 Å². The second-order valence-corrected chi connectivity index (χ2v) is 5.09. The van der Waals surface area contributed by atoms with Crippen LogP contribution in [0.5, 0.6) is 0 Å². The molecule has 0 saturated heterocycles. The molecule has 0 amide bonds. The molecular formula is C16H12F3N3O2. The Bertz CT molecular complexity index is 874. The van der Waals surface area contributed by atoms with Crippen LogP contribution in [0, 0.1) is 0 Å². The quantitative estimate of drug-likeness (QED) is 0.687. The van der Waals surface area contributed by atoms with Crippen LogP contribution in [0.1, 0.15) is 11.1 Å². The van der Waals surface area contributed by atoms with Gasteiger partial charge in [-0.3, -0.25) is 4.79 Å². The smallest absolute Gasteiger partial charge is 0.416 e. The molecule has 0 unspecified atom stereocenters. The van der Waals surface area contributed by atoms with Crippen LogP contribution < -0.4 is 0 Å². The predicted molar refractivity (Wildman–Crippen MR) is 78.8 cm³/mol. The van der Waals surface area contributed by atoms with E-state index in [1.165, 1.54) is 16.8 Å². The number of aromatic nitrogens is 3. The fraction of sp³-hybridized carbons (Fsp3) is 0.188. The van der Waals surface area contributed by atoms with Gasteiger partial charge in [-0.1, -0.05) is 29.5 Å². The molecule has 0 fully saturated rings. The van der Waals surface area contributed by atoms with Gasteiger partial charge in [0.05, 0.1) is 11.1 Å². The van der Waals surface area contributed by atoms with Crippen molar-refractivity contribution in [1.29, 1.82) is 0 Å². The molecule has 1 heterocycles. The maximum atomic E-state index is 12.6. The van der Waals surface area contributed by atoms with Gasteiger partial charge in [-0.15, -0.1) is 5.10 Å². The van der Waals surface area contributed by atoms with Crippen molar-refractivity contribution in [2.24, 2.45) is 0 Å². The van der Waals surface area contributed by atoms with Crippen molar-refractivity contribution in [2.45, 2.75) is 19.3 Å². The van der Waals surface area contributed by atoms with Crippen LogP contribution in [0.4, 0.5) is 13.2 Å². The van der Waals surface area contributed by atoms with Crippen LogP contribution in [-0.2, 0) is 28.9 Å². The maximum absolute atomic E-state index is 12.6. The van der Waals surface area contributed by atoms with Crippen molar-refractivity contribution >= 4 is 17.0 Å². The van der Waals surface area contributed by atoms with Gasteiger partial charge in [0, 0.05) is 0 Å². The van der Waals surface area contributed by atoms with Crippen LogP contribution in [-0.4, -0.2) is 21.0 Å². The summed E-state index contributed by atoms with van der Waals surface area (Å²) in [4.78, 5) is 11.9. The maximum Gasteiger partial charge on any atom is 0.416 e. The highest BCUT2D eigenvalue weighted by Gasteiger charge is 2.30. The standard InChI is InChI=1S/C16H12F3N3O2/c17-16(18,19)12-5-3-4-11(8-12)10-24-15(23)9-22-14-7-2-1-6-13(14)20-21-22/h1-8H,9-10H2. The SMILES string of the molecule is O=C(Cn1nnc2ccccc21)OCc1cccc(C(F)(F)F)c1. The molecule has 0 aliphatic rings. The first-order valence-electron chi connectivity index (χ1n) is 7.03. The number of esters is 1. The Kier molecular flexibility index (Phi) is 4.20. The first-order chi connectivity index (χ1) is 11.4. The minimum absolute atomic E-state index is 0.167. The molecule has 24 heavy (non-hydrogen) atoms. The summed E-state index contributed by atoms with van der Waals surface area (Å²) in [6, 6.07) is 11.8. The average molecular weight is 335 g/mol. The van der Waals surface area contributed by atoms with Gasteiger partial charge >= 0.3 is 12.1 Å². The summed E-state index contributed by atoms with van der Waals surface area (Å²) in [5, 5.41) is 7.76. The van der Waals surface area contributed by atoms with Crippen molar-refractivity contribution in [2.75, 3.05) is 0 Å².